The third kappa shape index (κ3) is 3.28. The normalized spacial score (nSPS) is 33.0. The molecule has 78 valence electrons. The summed E-state index contributed by atoms with van der Waals surface area (Å²) < 4.78 is 0. The standard InChI is InChI=1S/C11H24N2/c1-10(2,3)13-8-5-6-11(4,12)7-9-13/h5-9,12H2,1-4H3. The minimum absolute atomic E-state index is 0.0694. The van der Waals surface area contributed by atoms with Crippen LogP contribution in [0.5, 0.6) is 0 Å². The molecule has 1 saturated heterocycles. The molecule has 1 rings (SSSR count). The summed E-state index contributed by atoms with van der Waals surface area (Å²) in [6.45, 7) is 11.4. The fourth-order valence-corrected chi connectivity index (χ4v) is 1.97. The summed E-state index contributed by atoms with van der Waals surface area (Å²) in [7, 11) is 0. The van der Waals surface area contributed by atoms with Gasteiger partial charge in [-0.3, -0.25) is 4.90 Å². The van der Waals surface area contributed by atoms with E-state index in [-0.39, 0.29) is 5.54 Å². The van der Waals surface area contributed by atoms with Gasteiger partial charge >= 0.3 is 0 Å². The molecule has 0 aromatic heterocycles. The zero-order chi connectivity index (χ0) is 10.1. The van der Waals surface area contributed by atoms with Crippen LogP contribution in [0.15, 0.2) is 0 Å². The van der Waals surface area contributed by atoms with Gasteiger partial charge < -0.3 is 5.73 Å². The lowest BCUT2D eigenvalue weighted by Gasteiger charge is -2.35. The van der Waals surface area contributed by atoms with Crippen LogP contribution in [0.3, 0.4) is 0 Å². The smallest absolute Gasteiger partial charge is 0.0138 e. The van der Waals surface area contributed by atoms with E-state index in [4.69, 9.17) is 5.73 Å². The van der Waals surface area contributed by atoms with Crippen molar-refractivity contribution in [3.63, 3.8) is 0 Å². The Morgan fingerprint density at radius 3 is 2.31 bits per heavy atom. The Kier molecular flexibility index (Phi) is 3.03. The quantitative estimate of drug-likeness (QED) is 0.624. The van der Waals surface area contributed by atoms with Gasteiger partial charge in [-0.1, -0.05) is 0 Å². The van der Waals surface area contributed by atoms with Crippen LogP contribution in [0, 0.1) is 0 Å². The van der Waals surface area contributed by atoms with Crippen LogP contribution in [0.1, 0.15) is 47.0 Å². The first-order valence-electron chi connectivity index (χ1n) is 5.35. The summed E-state index contributed by atoms with van der Waals surface area (Å²) in [5.41, 5.74) is 6.53. The van der Waals surface area contributed by atoms with E-state index in [2.05, 4.69) is 32.6 Å². The van der Waals surface area contributed by atoms with Gasteiger partial charge in [0.1, 0.15) is 0 Å². The second-order valence-electron chi connectivity index (χ2n) is 5.67. The van der Waals surface area contributed by atoms with Crippen LogP contribution in [-0.4, -0.2) is 29.1 Å². The fraction of sp³-hybridized carbons (Fsp3) is 1.00. The van der Waals surface area contributed by atoms with Crippen molar-refractivity contribution in [3.8, 4) is 0 Å². The number of nitrogens with two attached hydrogens (primary N) is 1. The van der Waals surface area contributed by atoms with E-state index in [1.54, 1.807) is 0 Å². The van der Waals surface area contributed by atoms with Crippen LogP contribution in [0.2, 0.25) is 0 Å². The van der Waals surface area contributed by atoms with E-state index >= 15 is 0 Å². The Bertz CT molecular complexity index is 167. The summed E-state index contributed by atoms with van der Waals surface area (Å²) in [5.74, 6) is 0. The highest BCUT2D eigenvalue weighted by Gasteiger charge is 2.28. The highest BCUT2D eigenvalue weighted by Crippen LogP contribution is 2.23. The monoisotopic (exact) mass is 184 g/mol. The molecule has 1 aliphatic heterocycles. The maximum atomic E-state index is 6.16. The van der Waals surface area contributed by atoms with Gasteiger partial charge in [0.25, 0.3) is 0 Å². The van der Waals surface area contributed by atoms with Gasteiger partial charge in [0.15, 0.2) is 0 Å². The molecule has 2 nitrogen and oxygen atoms in total. The Balaban J connectivity index is 2.55. The molecule has 1 atom stereocenters. The van der Waals surface area contributed by atoms with Crippen molar-refractivity contribution < 1.29 is 0 Å². The van der Waals surface area contributed by atoms with Crippen molar-refractivity contribution in [3.05, 3.63) is 0 Å². The molecular weight excluding hydrogens is 160 g/mol. The van der Waals surface area contributed by atoms with Crippen LogP contribution >= 0.6 is 0 Å². The number of rotatable bonds is 0. The molecule has 13 heavy (non-hydrogen) atoms. The van der Waals surface area contributed by atoms with Crippen molar-refractivity contribution >= 4 is 0 Å². The maximum absolute atomic E-state index is 6.16. The molecule has 1 heterocycles. The second-order valence-corrected chi connectivity index (χ2v) is 5.67. The Hall–Kier alpha value is -0.0800. The zero-order valence-corrected chi connectivity index (χ0v) is 9.56. The fourth-order valence-electron chi connectivity index (χ4n) is 1.97. The summed E-state index contributed by atoms with van der Waals surface area (Å²) in [4.78, 5) is 2.55. The van der Waals surface area contributed by atoms with Gasteiger partial charge in [-0.25, -0.2) is 0 Å². The number of hydrogen-bond donors (Lipinski definition) is 1. The van der Waals surface area contributed by atoms with Crippen LogP contribution in [0.25, 0.3) is 0 Å². The summed E-state index contributed by atoms with van der Waals surface area (Å²) in [5, 5.41) is 0. The number of likely N-dealkylation sites (tertiary alicyclic amines) is 1. The van der Waals surface area contributed by atoms with Gasteiger partial charge in [0, 0.05) is 17.6 Å². The molecule has 1 unspecified atom stereocenters. The molecule has 0 aliphatic carbocycles. The summed E-state index contributed by atoms with van der Waals surface area (Å²) in [6, 6.07) is 0. The first kappa shape index (κ1) is 11.0. The predicted octanol–water partition coefficient (Wildman–Crippen LogP) is 1.99. The van der Waals surface area contributed by atoms with Gasteiger partial charge in [0.2, 0.25) is 0 Å². The van der Waals surface area contributed by atoms with Crippen molar-refractivity contribution in [2.24, 2.45) is 5.73 Å². The van der Waals surface area contributed by atoms with Gasteiger partial charge in [0.05, 0.1) is 0 Å². The third-order valence-electron chi connectivity index (χ3n) is 3.08. The average Bonchev–Trinajstić information content (AvgIpc) is 2.08. The van der Waals surface area contributed by atoms with E-state index in [0.29, 0.717) is 5.54 Å². The first-order valence-corrected chi connectivity index (χ1v) is 5.35. The molecule has 2 N–H and O–H groups in total. The van der Waals surface area contributed by atoms with Crippen molar-refractivity contribution in [1.29, 1.82) is 0 Å². The van der Waals surface area contributed by atoms with Crippen LogP contribution in [-0.2, 0) is 0 Å². The van der Waals surface area contributed by atoms with E-state index in [9.17, 15) is 0 Å². The first-order chi connectivity index (χ1) is 5.81. The van der Waals surface area contributed by atoms with E-state index in [1.165, 1.54) is 19.4 Å². The van der Waals surface area contributed by atoms with Crippen molar-refractivity contribution in [2.45, 2.75) is 58.0 Å². The Morgan fingerprint density at radius 2 is 1.77 bits per heavy atom. The Labute approximate surface area is 82.5 Å². The number of hydrogen-bond acceptors (Lipinski definition) is 2. The lowest BCUT2D eigenvalue weighted by molar-refractivity contribution is 0.140. The second kappa shape index (κ2) is 3.58. The molecule has 1 fully saturated rings. The summed E-state index contributed by atoms with van der Waals surface area (Å²) in [6.07, 6.45) is 3.54. The third-order valence-corrected chi connectivity index (χ3v) is 3.08. The van der Waals surface area contributed by atoms with Gasteiger partial charge in [-0.2, -0.15) is 0 Å². The largest absolute Gasteiger partial charge is 0.325 e. The average molecular weight is 184 g/mol. The van der Waals surface area contributed by atoms with E-state index < -0.39 is 0 Å². The SMILES string of the molecule is CC1(N)CCCN(C(C)(C)C)CC1. The molecule has 2 heteroatoms. The molecule has 1 aliphatic rings. The predicted molar refractivity (Wildman–Crippen MR) is 57.8 cm³/mol. The summed E-state index contributed by atoms with van der Waals surface area (Å²) >= 11 is 0. The maximum Gasteiger partial charge on any atom is 0.0138 e. The van der Waals surface area contributed by atoms with Gasteiger partial charge in [-0.15, -0.1) is 0 Å². The molecule has 0 aromatic rings. The molecule has 0 spiro atoms. The minimum atomic E-state index is 0.0694. The van der Waals surface area contributed by atoms with E-state index in [0.717, 1.165) is 13.0 Å². The van der Waals surface area contributed by atoms with Crippen molar-refractivity contribution in [2.75, 3.05) is 13.1 Å². The molecule has 0 radical (unpaired) electrons. The molecule has 0 saturated carbocycles. The highest BCUT2D eigenvalue weighted by atomic mass is 15.2. The molecular formula is C11H24N2. The van der Waals surface area contributed by atoms with E-state index in [1.807, 2.05) is 0 Å². The minimum Gasteiger partial charge on any atom is -0.325 e. The topological polar surface area (TPSA) is 29.3 Å². The lowest BCUT2D eigenvalue weighted by atomic mass is 9.95. The molecule has 0 bridgehead atoms. The van der Waals surface area contributed by atoms with Crippen molar-refractivity contribution in [1.82, 2.24) is 4.90 Å². The van der Waals surface area contributed by atoms with Crippen LogP contribution in [0.4, 0.5) is 0 Å². The number of nitrogens with zero attached hydrogens (tertiary/aromatic N) is 1. The lowest BCUT2D eigenvalue weighted by Crippen LogP contribution is -2.43. The Morgan fingerprint density at radius 1 is 1.15 bits per heavy atom. The van der Waals surface area contributed by atoms with Crippen LogP contribution < -0.4 is 5.73 Å². The molecule has 0 amide bonds. The zero-order valence-electron chi connectivity index (χ0n) is 9.56. The highest BCUT2D eigenvalue weighted by molar-refractivity contribution is 4.87. The van der Waals surface area contributed by atoms with Gasteiger partial charge in [-0.05, 0) is 53.5 Å². The molecule has 0 aromatic carbocycles.